The average Bonchev–Trinajstić information content (AvgIpc) is 2.44. The van der Waals surface area contributed by atoms with Crippen LogP contribution in [0.5, 0.6) is 0 Å². The zero-order valence-electron chi connectivity index (χ0n) is 12.6. The summed E-state index contributed by atoms with van der Waals surface area (Å²) in [6.07, 6.45) is 1.63. The van der Waals surface area contributed by atoms with Crippen LogP contribution in [0.3, 0.4) is 0 Å². The Morgan fingerprint density at radius 3 is 2.75 bits per heavy atom. The first-order valence-electron chi connectivity index (χ1n) is 7.29. The van der Waals surface area contributed by atoms with E-state index in [4.69, 9.17) is 0 Å². The molecule has 0 fully saturated rings. The summed E-state index contributed by atoms with van der Waals surface area (Å²) in [6.45, 7) is 3.55. The maximum atomic E-state index is 11.9. The normalized spacial score (nSPS) is 16.4. The van der Waals surface area contributed by atoms with Crippen molar-refractivity contribution in [3.05, 3.63) is 29.3 Å². The highest BCUT2D eigenvalue weighted by Crippen LogP contribution is 2.30. The van der Waals surface area contributed by atoms with Gasteiger partial charge in [-0.15, -0.1) is 0 Å². The third kappa shape index (κ3) is 3.19. The van der Waals surface area contributed by atoms with Crippen molar-refractivity contribution in [1.82, 2.24) is 4.90 Å². The van der Waals surface area contributed by atoms with E-state index in [0.717, 1.165) is 30.6 Å². The highest BCUT2D eigenvalue weighted by atomic mass is 16.3. The number of hydrogen-bond acceptors (Lipinski definition) is 3. The molecule has 110 valence electrons. The van der Waals surface area contributed by atoms with Gasteiger partial charge in [0, 0.05) is 25.2 Å². The molecular weight excluding hydrogens is 252 g/mol. The first-order chi connectivity index (χ1) is 9.52. The van der Waals surface area contributed by atoms with Gasteiger partial charge in [-0.3, -0.25) is 4.79 Å². The summed E-state index contributed by atoms with van der Waals surface area (Å²) >= 11 is 0. The fourth-order valence-electron chi connectivity index (χ4n) is 2.68. The van der Waals surface area contributed by atoms with Crippen molar-refractivity contribution in [2.45, 2.75) is 32.3 Å². The van der Waals surface area contributed by atoms with E-state index in [1.165, 1.54) is 5.56 Å². The van der Waals surface area contributed by atoms with Gasteiger partial charge in [0.1, 0.15) is 0 Å². The van der Waals surface area contributed by atoms with E-state index in [0.29, 0.717) is 13.0 Å². The molecule has 0 aliphatic carbocycles. The summed E-state index contributed by atoms with van der Waals surface area (Å²) in [5, 5.41) is 10.2. The van der Waals surface area contributed by atoms with Crippen LogP contribution in [0.2, 0.25) is 0 Å². The first kappa shape index (κ1) is 15.0. The van der Waals surface area contributed by atoms with E-state index in [2.05, 4.69) is 11.0 Å². The van der Waals surface area contributed by atoms with E-state index < -0.39 is 6.10 Å². The standard InChI is InChI=1S/C16H24N2O2/c1-4-18-14-7-5-13(15(19)9-10-17(2)3)11-12(14)6-8-16(18)20/h5,7,11,15,19H,4,6,8-10H2,1-3H3. The zero-order chi connectivity index (χ0) is 14.7. The van der Waals surface area contributed by atoms with E-state index >= 15 is 0 Å². The van der Waals surface area contributed by atoms with Crippen molar-refractivity contribution in [2.24, 2.45) is 0 Å². The van der Waals surface area contributed by atoms with Crippen LogP contribution >= 0.6 is 0 Å². The number of aliphatic hydroxyl groups is 1. The minimum absolute atomic E-state index is 0.195. The molecule has 0 saturated carbocycles. The van der Waals surface area contributed by atoms with Crippen LogP contribution in [0.25, 0.3) is 0 Å². The number of hydrogen-bond donors (Lipinski definition) is 1. The Kier molecular flexibility index (Phi) is 4.78. The molecule has 1 unspecified atom stereocenters. The number of rotatable bonds is 5. The second kappa shape index (κ2) is 6.37. The molecule has 0 aromatic heterocycles. The number of carbonyl (C=O) groups excluding carboxylic acids is 1. The SMILES string of the molecule is CCN1C(=O)CCc2cc(C(O)CCN(C)C)ccc21. The van der Waals surface area contributed by atoms with Crippen molar-refractivity contribution >= 4 is 11.6 Å². The second-order valence-corrected chi connectivity index (χ2v) is 5.63. The molecule has 1 aliphatic rings. The maximum absolute atomic E-state index is 11.9. The van der Waals surface area contributed by atoms with Crippen LogP contribution in [-0.2, 0) is 11.2 Å². The minimum atomic E-state index is -0.435. The molecule has 20 heavy (non-hydrogen) atoms. The maximum Gasteiger partial charge on any atom is 0.227 e. The third-order valence-corrected chi connectivity index (χ3v) is 3.85. The van der Waals surface area contributed by atoms with E-state index in [-0.39, 0.29) is 5.91 Å². The van der Waals surface area contributed by atoms with Crippen molar-refractivity contribution < 1.29 is 9.90 Å². The number of carbonyl (C=O) groups is 1. The number of benzene rings is 1. The fraction of sp³-hybridized carbons (Fsp3) is 0.562. The molecule has 1 aromatic carbocycles. The zero-order valence-corrected chi connectivity index (χ0v) is 12.6. The Balaban J connectivity index is 2.17. The van der Waals surface area contributed by atoms with Crippen molar-refractivity contribution in [1.29, 1.82) is 0 Å². The summed E-state index contributed by atoms with van der Waals surface area (Å²) in [5.41, 5.74) is 3.14. The predicted octanol–water partition coefficient (Wildman–Crippen LogP) is 1.97. The van der Waals surface area contributed by atoms with Gasteiger partial charge in [-0.2, -0.15) is 0 Å². The molecule has 1 amide bonds. The number of aryl methyl sites for hydroxylation is 1. The summed E-state index contributed by atoms with van der Waals surface area (Å²) in [7, 11) is 4.01. The highest BCUT2D eigenvalue weighted by molar-refractivity contribution is 5.96. The smallest absolute Gasteiger partial charge is 0.227 e. The minimum Gasteiger partial charge on any atom is -0.388 e. The summed E-state index contributed by atoms with van der Waals surface area (Å²) in [4.78, 5) is 15.8. The lowest BCUT2D eigenvalue weighted by Gasteiger charge is -2.29. The van der Waals surface area contributed by atoms with Crippen LogP contribution in [0.15, 0.2) is 18.2 Å². The van der Waals surface area contributed by atoms with E-state index in [9.17, 15) is 9.90 Å². The Bertz CT molecular complexity index is 485. The van der Waals surface area contributed by atoms with Gasteiger partial charge in [0.25, 0.3) is 0 Å². The van der Waals surface area contributed by atoms with Crippen LogP contribution in [0.1, 0.15) is 37.0 Å². The molecule has 1 N–H and O–H groups in total. The molecular formula is C16H24N2O2. The quantitative estimate of drug-likeness (QED) is 0.894. The lowest BCUT2D eigenvalue weighted by atomic mass is 9.96. The monoisotopic (exact) mass is 276 g/mol. The van der Waals surface area contributed by atoms with Gasteiger partial charge in [-0.05, 0) is 51.1 Å². The predicted molar refractivity (Wildman–Crippen MR) is 80.9 cm³/mol. The van der Waals surface area contributed by atoms with Crippen LogP contribution in [0, 0.1) is 0 Å². The summed E-state index contributed by atoms with van der Waals surface area (Å²) < 4.78 is 0. The van der Waals surface area contributed by atoms with E-state index in [1.807, 2.05) is 38.1 Å². The van der Waals surface area contributed by atoms with Gasteiger partial charge in [0.15, 0.2) is 0 Å². The van der Waals surface area contributed by atoms with Crippen molar-refractivity contribution in [3.63, 3.8) is 0 Å². The molecule has 1 atom stereocenters. The molecule has 4 nitrogen and oxygen atoms in total. The Labute approximate surface area is 121 Å². The third-order valence-electron chi connectivity index (χ3n) is 3.85. The Hall–Kier alpha value is -1.39. The number of fused-ring (bicyclic) bond motifs is 1. The van der Waals surface area contributed by atoms with Gasteiger partial charge >= 0.3 is 0 Å². The van der Waals surface area contributed by atoms with Crippen molar-refractivity contribution in [3.8, 4) is 0 Å². The van der Waals surface area contributed by atoms with Gasteiger partial charge in [-0.25, -0.2) is 0 Å². The lowest BCUT2D eigenvalue weighted by molar-refractivity contribution is -0.118. The fourth-order valence-corrected chi connectivity index (χ4v) is 2.68. The van der Waals surface area contributed by atoms with E-state index in [1.54, 1.807) is 0 Å². The molecule has 4 heteroatoms. The Morgan fingerprint density at radius 1 is 1.35 bits per heavy atom. The van der Waals surface area contributed by atoms with Crippen LogP contribution < -0.4 is 4.90 Å². The molecule has 0 saturated heterocycles. The largest absolute Gasteiger partial charge is 0.388 e. The molecule has 0 bridgehead atoms. The lowest BCUT2D eigenvalue weighted by Crippen LogP contribution is -2.34. The van der Waals surface area contributed by atoms with Gasteiger partial charge in [0.2, 0.25) is 5.91 Å². The number of nitrogens with zero attached hydrogens (tertiary/aromatic N) is 2. The summed E-state index contributed by atoms with van der Waals surface area (Å²) in [6, 6.07) is 5.98. The van der Waals surface area contributed by atoms with Crippen molar-refractivity contribution in [2.75, 3.05) is 32.1 Å². The molecule has 1 heterocycles. The number of aliphatic hydroxyl groups excluding tert-OH is 1. The molecule has 0 spiro atoms. The first-order valence-corrected chi connectivity index (χ1v) is 7.29. The molecule has 0 radical (unpaired) electrons. The van der Waals surface area contributed by atoms with Crippen LogP contribution in [-0.4, -0.2) is 43.1 Å². The second-order valence-electron chi connectivity index (χ2n) is 5.63. The number of anilines is 1. The van der Waals surface area contributed by atoms with Crippen LogP contribution in [0.4, 0.5) is 5.69 Å². The topological polar surface area (TPSA) is 43.8 Å². The van der Waals surface area contributed by atoms with Gasteiger partial charge in [-0.1, -0.05) is 12.1 Å². The average molecular weight is 276 g/mol. The van der Waals surface area contributed by atoms with Gasteiger partial charge < -0.3 is 14.9 Å². The van der Waals surface area contributed by atoms with Gasteiger partial charge in [0.05, 0.1) is 6.10 Å². The Morgan fingerprint density at radius 2 is 2.10 bits per heavy atom. The molecule has 1 aliphatic heterocycles. The number of amides is 1. The summed E-state index contributed by atoms with van der Waals surface area (Å²) in [5.74, 6) is 0.195. The highest BCUT2D eigenvalue weighted by Gasteiger charge is 2.23. The molecule has 1 aromatic rings. The molecule has 2 rings (SSSR count).